The van der Waals surface area contributed by atoms with Crippen LogP contribution in [0.5, 0.6) is 5.75 Å². The van der Waals surface area contributed by atoms with Crippen molar-refractivity contribution in [3.8, 4) is 5.75 Å². The first-order valence-corrected chi connectivity index (χ1v) is 14.0. The second kappa shape index (κ2) is 14.2. The highest BCUT2D eigenvalue weighted by molar-refractivity contribution is 7.97. The van der Waals surface area contributed by atoms with Gasteiger partial charge in [-0.3, -0.25) is 24.0 Å². The Hall–Kier alpha value is -3.58. The second-order valence-corrected chi connectivity index (χ2v) is 10.7. The Labute approximate surface area is 235 Å². The summed E-state index contributed by atoms with van der Waals surface area (Å²) >= 11 is 1.72. The highest BCUT2D eigenvalue weighted by Gasteiger charge is 2.27. The smallest absolute Gasteiger partial charge is 0.259 e. The van der Waals surface area contributed by atoms with Gasteiger partial charge in [0.1, 0.15) is 11.6 Å². The summed E-state index contributed by atoms with van der Waals surface area (Å²) in [4.78, 5) is 42.9. The highest BCUT2D eigenvalue weighted by atomic mass is 32.2. The van der Waals surface area contributed by atoms with Gasteiger partial charge < -0.3 is 15.4 Å². The fraction of sp³-hybridized carbons (Fsp3) is 0.444. The zero-order chi connectivity index (χ0) is 28.5. The van der Waals surface area contributed by atoms with Crippen LogP contribution in [0.15, 0.2) is 36.0 Å². The van der Waals surface area contributed by atoms with Crippen molar-refractivity contribution < 1.29 is 27.9 Å². The van der Waals surface area contributed by atoms with Crippen molar-refractivity contribution in [2.75, 3.05) is 36.1 Å². The van der Waals surface area contributed by atoms with Gasteiger partial charge in [-0.2, -0.15) is 4.98 Å². The van der Waals surface area contributed by atoms with Gasteiger partial charge in [0.15, 0.2) is 0 Å². The summed E-state index contributed by atoms with van der Waals surface area (Å²) in [6.45, 7) is 3.56. The molecular weight excluding hydrogens is 542 g/mol. The molecule has 0 radical (unpaired) electrons. The fourth-order valence-electron chi connectivity index (χ4n) is 4.49. The lowest BCUT2D eigenvalue weighted by atomic mass is 9.90. The van der Waals surface area contributed by atoms with E-state index in [0.717, 1.165) is 43.0 Å². The molecule has 4 rings (SSSR count). The number of amides is 3. The van der Waals surface area contributed by atoms with E-state index in [1.807, 2.05) is 24.3 Å². The lowest BCUT2D eigenvalue weighted by Gasteiger charge is -2.31. The number of allylic oxidation sites excluding steroid dienone is 1. The number of carbonyl (C=O) groups excluding carboxylic acids is 3. The Morgan fingerprint density at radius 1 is 1.23 bits per heavy atom. The minimum Gasteiger partial charge on any atom is -0.493 e. The van der Waals surface area contributed by atoms with Gasteiger partial charge in [0.05, 0.1) is 12.5 Å². The molecule has 1 aromatic carbocycles. The Balaban J connectivity index is 1.17. The van der Waals surface area contributed by atoms with Gasteiger partial charge in [-0.05, 0) is 55.5 Å². The number of ether oxygens (including phenoxy) is 1. The van der Waals surface area contributed by atoms with Crippen LogP contribution in [-0.2, 0) is 14.4 Å². The lowest BCUT2D eigenvalue weighted by Crippen LogP contribution is -2.39. The van der Waals surface area contributed by atoms with Gasteiger partial charge in [0.2, 0.25) is 24.2 Å². The highest BCUT2D eigenvalue weighted by Crippen LogP contribution is 2.27. The van der Waals surface area contributed by atoms with Crippen LogP contribution in [0.2, 0.25) is 0 Å². The van der Waals surface area contributed by atoms with E-state index >= 15 is 0 Å². The van der Waals surface area contributed by atoms with Crippen LogP contribution < -0.4 is 20.7 Å². The van der Waals surface area contributed by atoms with Crippen molar-refractivity contribution in [2.45, 2.75) is 51.0 Å². The monoisotopic (exact) mass is 574 g/mol. The average molecular weight is 575 g/mol. The summed E-state index contributed by atoms with van der Waals surface area (Å²) in [6.07, 6.45) is 3.13. The number of aromatic nitrogens is 2. The first kappa shape index (κ1) is 29.4. The number of nitrogens with zero attached hydrogens (tertiary/aromatic N) is 3. The molecule has 214 valence electrons. The molecular formula is C27H32F2N6O4S. The molecule has 1 aromatic heterocycles. The summed E-state index contributed by atoms with van der Waals surface area (Å²) in [5, 5.41) is 8.11. The Morgan fingerprint density at radius 3 is 2.65 bits per heavy atom. The molecule has 13 heteroatoms. The predicted octanol–water partition coefficient (Wildman–Crippen LogP) is 3.84. The van der Waals surface area contributed by atoms with E-state index in [0.29, 0.717) is 37.4 Å². The van der Waals surface area contributed by atoms with Crippen molar-refractivity contribution in [2.24, 2.45) is 0 Å². The maximum Gasteiger partial charge on any atom is 0.259 e. The topological polar surface area (TPSA) is 126 Å². The standard InChI is InChI=1S/C27H32F2N6O4S/c1-17(24(28)29)14-19-15-30-27(34-25(19)31-16-36)32-20-8-10-35(11-9-20)40-13-12-39-21-4-2-18(3-5-21)22-6-7-23(37)33-26(22)38/h2-5,14-16,20,22,24H,6-13H2,1H3,(H,33,37,38)(H2,30,31,32,34,36)/b17-14+. The molecule has 3 N–H and O–H groups in total. The molecule has 40 heavy (non-hydrogen) atoms. The van der Waals surface area contributed by atoms with Gasteiger partial charge in [0, 0.05) is 43.1 Å². The van der Waals surface area contributed by atoms with Crippen LogP contribution in [-0.4, -0.2) is 70.4 Å². The summed E-state index contributed by atoms with van der Waals surface area (Å²) in [7, 11) is 0. The maximum absolute atomic E-state index is 12.9. The molecule has 0 bridgehead atoms. The molecule has 1 atom stereocenters. The predicted molar refractivity (Wildman–Crippen MR) is 149 cm³/mol. The van der Waals surface area contributed by atoms with Gasteiger partial charge in [-0.25, -0.2) is 13.8 Å². The molecule has 2 aromatic rings. The number of nitrogens with one attached hydrogen (secondary N) is 3. The summed E-state index contributed by atoms with van der Waals surface area (Å²) < 4.78 is 33.9. The second-order valence-electron chi connectivity index (χ2n) is 9.55. The summed E-state index contributed by atoms with van der Waals surface area (Å²) in [5.41, 5.74) is 1.05. The zero-order valence-corrected chi connectivity index (χ0v) is 22.9. The Morgan fingerprint density at radius 2 is 1.98 bits per heavy atom. The number of carbonyl (C=O) groups is 3. The van der Waals surface area contributed by atoms with Gasteiger partial charge in [0.25, 0.3) is 6.43 Å². The Kier molecular flexibility index (Phi) is 10.4. The quantitative estimate of drug-likeness (QED) is 0.150. The van der Waals surface area contributed by atoms with Crippen LogP contribution in [0.25, 0.3) is 6.08 Å². The number of halogens is 2. The average Bonchev–Trinajstić information content (AvgIpc) is 2.94. The molecule has 0 spiro atoms. The minimum atomic E-state index is -2.60. The molecule has 10 nitrogen and oxygen atoms in total. The first-order chi connectivity index (χ1) is 19.3. The van der Waals surface area contributed by atoms with Crippen LogP contribution in [0.1, 0.15) is 49.7 Å². The number of hydrogen-bond donors (Lipinski definition) is 3. The van der Waals surface area contributed by atoms with E-state index in [-0.39, 0.29) is 35.2 Å². The normalized spacial score (nSPS) is 18.9. The largest absolute Gasteiger partial charge is 0.493 e. The molecule has 2 aliphatic rings. The Bertz CT molecular complexity index is 1220. The third-order valence-corrected chi connectivity index (χ3v) is 7.75. The molecule has 3 amide bonds. The van der Waals surface area contributed by atoms with E-state index in [1.165, 1.54) is 19.2 Å². The van der Waals surface area contributed by atoms with E-state index in [4.69, 9.17) is 4.74 Å². The fourth-order valence-corrected chi connectivity index (χ4v) is 5.38. The van der Waals surface area contributed by atoms with E-state index in [1.54, 1.807) is 11.9 Å². The van der Waals surface area contributed by atoms with E-state index in [9.17, 15) is 23.2 Å². The first-order valence-electron chi connectivity index (χ1n) is 13.1. The minimum absolute atomic E-state index is 0.142. The molecule has 2 fully saturated rings. The van der Waals surface area contributed by atoms with Gasteiger partial charge >= 0.3 is 0 Å². The van der Waals surface area contributed by atoms with E-state index in [2.05, 4.69) is 30.2 Å². The van der Waals surface area contributed by atoms with Crippen LogP contribution >= 0.6 is 11.9 Å². The molecule has 2 aliphatic heterocycles. The number of benzene rings is 1. The number of piperidine rings is 2. The number of imide groups is 1. The third kappa shape index (κ3) is 8.21. The van der Waals surface area contributed by atoms with Crippen LogP contribution in [0.3, 0.4) is 0 Å². The number of rotatable bonds is 12. The van der Waals surface area contributed by atoms with Crippen LogP contribution in [0.4, 0.5) is 20.5 Å². The number of alkyl halides is 2. The van der Waals surface area contributed by atoms with Crippen molar-refractivity contribution in [3.05, 3.63) is 47.2 Å². The summed E-state index contributed by atoms with van der Waals surface area (Å²) in [6, 6.07) is 7.58. The molecule has 2 saturated heterocycles. The molecule has 1 unspecified atom stereocenters. The molecule has 3 heterocycles. The van der Waals surface area contributed by atoms with Crippen molar-refractivity contribution in [3.63, 3.8) is 0 Å². The molecule has 0 saturated carbocycles. The van der Waals surface area contributed by atoms with Crippen LogP contribution in [0, 0.1) is 0 Å². The zero-order valence-electron chi connectivity index (χ0n) is 22.1. The van der Waals surface area contributed by atoms with Crippen molar-refractivity contribution in [1.29, 1.82) is 0 Å². The van der Waals surface area contributed by atoms with Crippen molar-refractivity contribution in [1.82, 2.24) is 19.6 Å². The maximum atomic E-state index is 12.9. The van der Waals surface area contributed by atoms with Gasteiger partial charge in [-0.15, -0.1) is 0 Å². The number of anilines is 2. The number of hydrogen-bond acceptors (Lipinski definition) is 9. The van der Waals surface area contributed by atoms with E-state index < -0.39 is 6.43 Å². The molecule has 0 aliphatic carbocycles. The van der Waals surface area contributed by atoms with Crippen molar-refractivity contribution >= 4 is 48.0 Å². The van der Waals surface area contributed by atoms with Gasteiger partial charge in [-0.1, -0.05) is 24.1 Å². The SMILES string of the molecule is C/C(=C\c1cnc(NC2CCN(SCCOc3ccc(C4CCC(=O)NC4=O)cc3)CC2)nc1NC=O)C(F)F. The third-order valence-electron chi connectivity index (χ3n) is 6.67. The summed E-state index contributed by atoms with van der Waals surface area (Å²) in [5.74, 6) is 1.24. The lowest BCUT2D eigenvalue weighted by molar-refractivity contribution is -0.134.